The number of hydrogen-bond acceptors (Lipinski definition) is 10. The summed E-state index contributed by atoms with van der Waals surface area (Å²) in [5.74, 6) is -1.69. The van der Waals surface area contributed by atoms with Crippen molar-refractivity contribution in [2.24, 2.45) is 5.73 Å². The Balaban J connectivity index is 1.66. The molecule has 16 heteroatoms. The normalized spacial score (nSPS) is 22.2. The fourth-order valence-corrected chi connectivity index (χ4v) is 7.86. The number of carbonyl (C=O) groups excluding carboxylic acids is 5. The van der Waals surface area contributed by atoms with Gasteiger partial charge in [-0.25, -0.2) is 0 Å². The lowest BCUT2D eigenvalue weighted by Gasteiger charge is -2.27. The van der Waals surface area contributed by atoms with Crippen molar-refractivity contribution in [3.63, 3.8) is 0 Å². The maximum atomic E-state index is 14.2. The van der Waals surface area contributed by atoms with Crippen LogP contribution in [0.1, 0.15) is 56.6 Å². The first-order chi connectivity index (χ1) is 25.5. The number of fused-ring (bicyclic) bond motifs is 1. The van der Waals surface area contributed by atoms with E-state index in [9.17, 15) is 34.2 Å². The Bertz CT molecular complexity index is 1670. The van der Waals surface area contributed by atoms with Crippen LogP contribution in [0.3, 0.4) is 0 Å². The van der Waals surface area contributed by atoms with Crippen LogP contribution in [0.4, 0.5) is 0 Å². The van der Waals surface area contributed by atoms with Crippen LogP contribution in [0, 0.1) is 0 Å². The first-order valence-corrected chi connectivity index (χ1v) is 20.5. The Labute approximate surface area is 317 Å². The number of phenolic OH excluding ortho intramolecular Hbond substituents is 1. The lowest BCUT2D eigenvalue weighted by atomic mass is 10.0. The van der Waals surface area contributed by atoms with Crippen molar-refractivity contribution in [1.29, 1.82) is 0 Å². The third kappa shape index (κ3) is 13.3. The SMILES string of the molecule is C[C@@H](O)[C@@H]1NC(=O)[C@H](CCCCCN)NC(=O)[C@@H](Cc2c[nH]c3ccccc23)NC(=O)[C@H](CCc2ccc(O)cc2)NC(=O)CCSSCCNC1=O. The zero-order valence-corrected chi connectivity index (χ0v) is 31.5. The zero-order chi connectivity index (χ0) is 38.2. The maximum absolute atomic E-state index is 14.2. The molecule has 1 fully saturated rings. The molecule has 5 amide bonds. The van der Waals surface area contributed by atoms with E-state index in [2.05, 4.69) is 31.6 Å². The van der Waals surface area contributed by atoms with E-state index in [0.29, 0.717) is 43.7 Å². The smallest absolute Gasteiger partial charge is 0.245 e. The van der Waals surface area contributed by atoms with Crippen LogP contribution in [0.15, 0.2) is 54.7 Å². The van der Waals surface area contributed by atoms with E-state index >= 15 is 0 Å². The lowest BCUT2D eigenvalue weighted by Crippen LogP contribution is -2.60. The third-order valence-corrected chi connectivity index (χ3v) is 11.3. The molecule has 0 spiro atoms. The number of aromatic nitrogens is 1. The predicted molar refractivity (Wildman–Crippen MR) is 208 cm³/mol. The van der Waals surface area contributed by atoms with E-state index in [1.54, 1.807) is 30.5 Å². The van der Waals surface area contributed by atoms with E-state index in [1.165, 1.54) is 28.5 Å². The van der Waals surface area contributed by atoms with Crippen molar-refractivity contribution in [1.82, 2.24) is 31.6 Å². The molecule has 2 aromatic carbocycles. The highest BCUT2D eigenvalue weighted by atomic mass is 33.1. The average molecular weight is 770 g/mol. The van der Waals surface area contributed by atoms with E-state index < -0.39 is 53.9 Å². The number of carbonyl (C=O) groups is 5. The molecule has 5 atom stereocenters. The minimum absolute atomic E-state index is 0.0638. The number of nitrogens with one attached hydrogen (secondary N) is 6. The van der Waals surface area contributed by atoms with Gasteiger partial charge >= 0.3 is 0 Å². The summed E-state index contributed by atoms with van der Waals surface area (Å²) in [7, 11) is 2.90. The number of rotatable bonds is 11. The number of phenols is 1. The molecule has 10 N–H and O–H groups in total. The Morgan fingerprint density at radius 2 is 1.47 bits per heavy atom. The molecule has 3 aromatic rings. The van der Waals surface area contributed by atoms with Gasteiger partial charge in [0.15, 0.2) is 0 Å². The molecule has 2 heterocycles. The maximum Gasteiger partial charge on any atom is 0.245 e. The van der Waals surface area contributed by atoms with Gasteiger partial charge < -0.3 is 47.5 Å². The van der Waals surface area contributed by atoms with Gasteiger partial charge in [-0.2, -0.15) is 0 Å². The number of aryl methyl sites for hydroxylation is 1. The monoisotopic (exact) mass is 769 g/mol. The largest absolute Gasteiger partial charge is 0.508 e. The molecule has 288 valence electrons. The van der Waals surface area contributed by atoms with Gasteiger partial charge in [0, 0.05) is 48.0 Å². The summed E-state index contributed by atoms with van der Waals surface area (Å²) >= 11 is 0. The van der Waals surface area contributed by atoms with Gasteiger partial charge in [0.05, 0.1) is 6.10 Å². The minimum Gasteiger partial charge on any atom is -0.508 e. The van der Waals surface area contributed by atoms with Gasteiger partial charge in [0.2, 0.25) is 29.5 Å². The van der Waals surface area contributed by atoms with Crippen LogP contribution in [0.2, 0.25) is 0 Å². The van der Waals surface area contributed by atoms with Gasteiger partial charge in [-0.1, -0.05) is 64.8 Å². The van der Waals surface area contributed by atoms with Gasteiger partial charge in [-0.15, -0.1) is 0 Å². The fraction of sp³-hybridized carbons (Fsp3) is 0.486. The van der Waals surface area contributed by atoms with E-state index in [0.717, 1.165) is 22.0 Å². The molecule has 0 bridgehead atoms. The van der Waals surface area contributed by atoms with Crippen molar-refractivity contribution >= 4 is 62.0 Å². The first kappa shape index (κ1) is 41.5. The molecule has 1 saturated heterocycles. The Kier molecular flexibility index (Phi) is 16.8. The van der Waals surface area contributed by atoms with Gasteiger partial charge in [-0.05, 0) is 68.5 Å². The molecule has 0 unspecified atom stereocenters. The molecule has 0 radical (unpaired) electrons. The Morgan fingerprint density at radius 1 is 0.792 bits per heavy atom. The molecule has 53 heavy (non-hydrogen) atoms. The third-order valence-electron chi connectivity index (χ3n) is 8.91. The Morgan fingerprint density at radius 3 is 2.23 bits per heavy atom. The Hall–Kier alpha value is -4.25. The van der Waals surface area contributed by atoms with Crippen molar-refractivity contribution < 1.29 is 34.2 Å². The number of nitrogens with two attached hydrogens (primary N) is 1. The number of hydrogen-bond donors (Lipinski definition) is 9. The number of unbranched alkanes of at least 4 members (excludes halogenated alkanes) is 2. The summed E-state index contributed by atoms with van der Waals surface area (Å²) in [6, 6.07) is 9.61. The second-order valence-corrected chi connectivity index (χ2v) is 15.8. The topological polar surface area (TPSA) is 228 Å². The van der Waals surface area contributed by atoms with E-state index in [1.807, 2.05) is 24.3 Å². The number of aromatic amines is 1. The van der Waals surface area contributed by atoms with Crippen LogP contribution in [0.25, 0.3) is 10.9 Å². The molecule has 0 aliphatic carbocycles. The lowest BCUT2D eigenvalue weighted by molar-refractivity contribution is -0.135. The molecule has 0 saturated carbocycles. The molecule has 4 rings (SSSR count). The molecular formula is C37H51N7O7S2. The van der Waals surface area contributed by atoms with Crippen molar-refractivity contribution in [2.45, 2.75) is 88.6 Å². The van der Waals surface area contributed by atoms with Crippen molar-refractivity contribution in [3.8, 4) is 5.75 Å². The molecule has 1 aliphatic heterocycles. The highest BCUT2D eigenvalue weighted by Crippen LogP contribution is 2.22. The molecule has 1 aromatic heterocycles. The average Bonchev–Trinajstić information content (AvgIpc) is 3.55. The first-order valence-electron chi connectivity index (χ1n) is 18.0. The zero-order valence-electron chi connectivity index (χ0n) is 29.9. The highest BCUT2D eigenvalue weighted by molar-refractivity contribution is 8.76. The quantitative estimate of drug-likeness (QED) is 0.102. The highest BCUT2D eigenvalue weighted by Gasteiger charge is 2.33. The number of aliphatic hydroxyl groups excluding tert-OH is 1. The summed E-state index contributed by atoms with van der Waals surface area (Å²) in [4.78, 5) is 71.4. The van der Waals surface area contributed by atoms with Crippen molar-refractivity contribution in [2.75, 3.05) is 24.6 Å². The fourth-order valence-electron chi connectivity index (χ4n) is 5.96. The van der Waals surface area contributed by atoms with Crippen LogP contribution in [-0.4, -0.2) is 99.6 Å². The number of aromatic hydroxyl groups is 1. The minimum atomic E-state index is -1.27. The van der Waals surface area contributed by atoms with E-state index in [4.69, 9.17) is 5.73 Å². The number of benzene rings is 2. The van der Waals surface area contributed by atoms with Gasteiger partial charge in [0.1, 0.15) is 29.9 Å². The van der Waals surface area contributed by atoms with Crippen LogP contribution in [0.5, 0.6) is 5.75 Å². The summed E-state index contributed by atoms with van der Waals surface area (Å²) in [6.45, 7) is 2.13. The van der Waals surface area contributed by atoms with Crippen molar-refractivity contribution in [3.05, 3.63) is 65.9 Å². The van der Waals surface area contributed by atoms with Gasteiger partial charge in [0.25, 0.3) is 0 Å². The molecule has 14 nitrogen and oxygen atoms in total. The number of H-pyrrole nitrogens is 1. The molecular weight excluding hydrogens is 719 g/mol. The summed E-state index contributed by atoms with van der Waals surface area (Å²) in [6.07, 6.45) is 3.55. The summed E-state index contributed by atoms with van der Waals surface area (Å²) in [5, 5.41) is 35.0. The standard InChI is InChI=1S/C37H51N7O7S2/c1-23(45)33-37(51)39-18-20-53-52-19-16-32(47)41-30(15-12-24-10-13-26(46)14-11-24)34(48)43-31(21-25-22-40-28-8-5-4-7-27(25)28)36(50)42-29(35(49)44-33)9-3-2-6-17-38/h4-5,7-8,10-11,13-14,22-23,29-31,33,40,45-46H,2-3,6,9,12,15-21,38H2,1H3,(H,39,51)(H,41,47)(H,42,50)(H,43,48)(H,44,49)/t23-,29+,30+,31-,33+/m1/s1. The second-order valence-electron chi connectivity index (χ2n) is 13.1. The summed E-state index contributed by atoms with van der Waals surface area (Å²) in [5.41, 5.74) is 8.13. The van der Waals surface area contributed by atoms with Crippen LogP contribution >= 0.6 is 21.6 Å². The molecule has 1 aliphatic rings. The van der Waals surface area contributed by atoms with E-state index in [-0.39, 0.29) is 43.9 Å². The van der Waals surface area contributed by atoms with Gasteiger partial charge in [-0.3, -0.25) is 24.0 Å². The number of aliphatic hydroxyl groups is 1. The second kappa shape index (κ2) is 21.5. The summed E-state index contributed by atoms with van der Waals surface area (Å²) < 4.78 is 0. The van der Waals surface area contributed by atoms with Crippen LogP contribution in [-0.2, 0) is 36.8 Å². The number of para-hydroxylation sites is 1. The van der Waals surface area contributed by atoms with Crippen LogP contribution < -0.4 is 32.3 Å². The number of amides is 5. The predicted octanol–water partition coefficient (Wildman–Crippen LogP) is 1.79.